The van der Waals surface area contributed by atoms with E-state index in [1.807, 2.05) is 13.8 Å². The summed E-state index contributed by atoms with van der Waals surface area (Å²) in [7, 11) is -4.49. The predicted molar refractivity (Wildman–Crippen MR) is 123 cm³/mol. The largest absolute Gasteiger partial charge is 0.325 e. The molecule has 1 amide bonds. The Labute approximate surface area is 190 Å². The Kier molecular flexibility index (Phi) is 7.09. The van der Waals surface area contributed by atoms with Crippen molar-refractivity contribution in [1.82, 2.24) is 8.61 Å². The molecule has 0 unspecified atom stereocenters. The SMILES string of the molecule is Cc1ccc(S(=O)(=O)N2CCC(C(=O)Nc3ccccc3S(=O)(=O)N(C)C)CC2)cc1C. The number of benzene rings is 2. The minimum absolute atomic E-state index is 0.0214. The van der Waals surface area contributed by atoms with E-state index in [0.717, 1.165) is 15.4 Å². The highest BCUT2D eigenvalue weighted by atomic mass is 32.2. The lowest BCUT2D eigenvalue weighted by molar-refractivity contribution is -0.120. The number of hydrogen-bond donors (Lipinski definition) is 1. The molecule has 2 aromatic rings. The van der Waals surface area contributed by atoms with Gasteiger partial charge in [0.25, 0.3) is 0 Å². The van der Waals surface area contributed by atoms with Crippen molar-refractivity contribution < 1.29 is 21.6 Å². The van der Waals surface area contributed by atoms with Crippen molar-refractivity contribution in [3.63, 3.8) is 0 Å². The molecule has 1 heterocycles. The van der Waals surface area contributed by atoms with Crippen LogP contribution in [0.25, 0.3) is 0 Å². The molecule has 0 saturated carbocycles. The van der Waals surface area contributed by atoms with Gasteiger partial charge in [0.2, 0.25) is 26.0 Å². The molecule has 0 atom stereocenters. The Morgan fingerprint density at radius 1 is 0.969 bits per heavy atom. The van der Waals surface area contributed by atoms with E-state index >= 15 is 0 Å². The predicted octanol–water partition coefficient (Wildman–Crippen LogP) is 2.59. The Bertz CT molecular complexity index is 1220. The summed E-state index contributed by atoms with van der Waals surface area (Å²) < 4.78 is 53.6. The highest BCUT2D eigenvalue weighted by Crippen LogP contribution is 2.28. The van der Waals surface area contributed by atoms with Gasteiger partial charge in [-0.05, 0) is 62.1 Å². The van der Waals surface area contributed by atoms with Gasteiger partial charge in [0, 0.05) is 33.1 Å². The number of sulfonamides is 2. The Morgan fingerprint density at radius 3 is 2.19 bits per heavy atom. The standard InChI is InChI=1S/C22H29N3O5S2/c1-16-9-10-19(15-17(16)2)31(27,28)25-13-11-18(12-14-25)22(26)23-20-7-5-6-8-21(20)32(29,30)24(3)4/h5-10,15,18H,11-14H2,1-4H3,(H,23,26). The van der Waals surface area contributed by atoms with E-state index in [2.05, 4.69) is 5.32 Å². The van der Waals surface area contributed by atoms with Crippen LogP contribution in [0.15, 0.2) is 52.3 Å². The third-order valence-corrected chi connectivity index (χ3v) is 9.61. The Balaban J connectivity index is 1.70. The maximum atomic E-state index is 13.0. The average molecular weight is 480 g/mol. The third-order valence-electron chi connectivity index (χ3n) is 5.84. The van der Waals surface area contributed by atoms with Crippen LogP contribution in [0.1, 0.15) is 24.0 Å². The van der Waals surface area contributed by atoms with Gasteiger partial charge in [-0.3, -0.25) is 4.79 Å². The first kappa shape index (κ1) is 24.4. The second-order valence-electron chi connectivity index (χ2n) is 8.20. The smallest absolute Gasteiger partial charge is 0.244 e. The van der Waals surface area contributed by atoms with Crippen molar-refractivity contribution in [3.05, 3.63) is 53.6 Å². The summed E-state index contributed by atoms with van der Waals surface area (Å²) in [6, 6.07) is 11.3. The molecule has 3 rings (SSSR count). The molecule has 0 radical (unpaired) electrons. The molecule has 8 nitrogen and oxygen atoms in total. The van der Waals surface area contributed by atoms with Crippen LogP contribution >= 0.6 is 0 Å². The molecule has 174 valence electrons. The summed E-state index contributed by atoms with van der Waals surface area (Å²) in [6.07, 6.45) is 0.719. The molecule has 0 aliphatic carbocycles. The van der Waals surface area contributed by atoms with Crippen LogP contribution in [0.5, 0.6) is 0 Å². The second-order valence-corrected chi connectivity index (χ2v) is 12.3. The monoisotopic (exact) mass is 479 g/mol. The van der Waals surface area contributed by atoms with Gasteiger partial charge in [-0.15, -0.1) is 0 Å². The number of aryl methyl sites for hydroxylation is 2. The first-order chi connectivity index (χ1) is 14.9. The van der Waals surface area contributed by atoms with Gasteiger partial charge in [-0.25, -0.2) is 21.1 Å². The number of anilines is 1. The van der Waals surface area contributed by atoms with E-state index in [1.54, 1.807) is 36.4 Å². The minimum atomic E-state index is -3.72. The first-order valence-electron chi connectivity index (χ1n) is 10.3. The number of carbonyl (C=O) groups is 1. The zero-order valence-corrected chi connectivity index (χ0v) is 20.3. The fourth-order valence-electron chi connectivity index (χ4n) is 3.61. The number of nitrogens with one attached hydrogen (secondary N) is 1. The van der Waals surface area contributed by atoms with E-state index in [9.17, 15) is 21.6 Å². The van der Waals surface area contributed by atoms with Crippen LogP contribution in [0.2, 0.25) is 0 Å². The highest BCUT2D eigenvalue weighted by Gasteiger charge is 2.33. The zero-order chi connectivity index (χ0) is 23.7. The maximum absolute atomic E-state index is 13.0. The van der Waals surface area contributed by atoms with Gasteiger partial charge in [0.1, 0.15) is 4.90 Å². The van der Waals surface area contributed by atoms with Crippen LogP contribution in [0.4, 0.5) is 5.69 Å². The molecular formula is C22H29N3O5S2. The number of rotatable bonds is 6. The van der Waals surface area contributed by atoms with Gasteiger partial charge in [-0.2, -0.15) is 4.31 Å². The van der Waals surface area contributed by atoms with Gasteiger partial charge < -0.3 is 5.32 Å². The molecule has 1 aliphatic rings. The number of para-hydroxylation sites is 1. The molecule has 1 aliphatic heterocycles. The van der Waals surface area contributed by atoms with Crippen LogP contribution in [-0.2, 0) is 24.8 Å². The third kappa shape index (κ3) is 4.88. The first-order valence-corrected chi connectivity index (χ1v) is 13.2. The average Bonchev–Trinajstić information content (AvgIpc) is 2.75. The van der Waals surface area contributed by atoms with E-state index in [1.165, 1.54) is 24.5 Å². The highest BCUT2D eigenvalue weighted by molar-refractivity contribution is 7.89. The van der Waals surface area contributed by atoms with E-state index in [4.69, 9.17) is 0 Å². The molecule has 32 heavy (non-hydrogen) atoms. The fourth-order valence-corrected chi connectivity index (χ4v) is 6.20. The quantitative estimate of drug-likeness (QED) is 0.686. The normalized spacial score (nSPS) is 16.3. The van der Waals surface area contributed by atoms with Gasteiger partial charge >= 0.3 is 0 Å². The Morgan fingerprint density at radius 2 is 1.59 bits per heavy atom. The fraction of sp³-hybridized carbons (Fsp3) is 0.409. The summed E-state index contributed by atoms with van der Waals surface area (Å²) in [5.74, 6) is -0.717. The second kappa shape index (κ2) is 9.30. The molecule has 2 aromatic carbocycles. The topological polar surface area (TPSA) is 104 Å². The maximum Gasteiger partial charge on any atom is 0.244 e. The van der Waals surface area contributed by atoms with E-state index < -0.39 is 26.0 Å². The molecule has 0 bridgehead atoms. The molecule has 10 heteroatoms. The summed E-state index contributed by atoms with van der Waals surface area (Å²) in [5, 5.41) is 2.73. The molecule has 1 N–H and O–H groups in total. The zero-order valence-electron chi connectivity index (χ0n) is 18.7. The lowest BCUT2D eigenvalue weighted by Crippen LogP contribution is -2.41. The van der Waals surface area contributed by atoms with Crippen molar-refractivity contribution in [2.75, 3.05) is 32.5 Å². The number of piperidine rings is 1. The molecule has 0 aromatic heterocycles. The van der Waals surface area contributed by atoms with Crippen molar-refractivity contribution in [1.29, 1.82) is 0 Å². The summed E-state index contributed by atoms with van der Waals surface area (Å²) in [5.41, 5.74) is 2.15. The summed E-state index contributed by atoms with van der Waals surface area (Å²) in [6.45, 7) is 4.26. The van der Waals surface area contributed by atoms with Crippen LogP contribution < -0.4 is 5.32 Å². The van der Waals surface area contributed by atoms with E-state index in [-0.39, 0.29) is 34.5 Å². The minimum Gasteiger partial charge on any atom is -0.325 e. The number of hydrogen-bond acceptors (Lipinski definition) is 5. The number of nitrogens with zero attached hydrogens (tertiary/aromatic N) is 2. The van der Waals surface area contributed by atoms with Crippen LogP contribution in [0, 0.1) is 19.8 Å². The van der Waals surface area contributed by atoms with Gasteiger partial charge in [0.15, 0.2) is 0 Å². The molecule has 0 spiro atoms. The summed E-state index contributed by atoms with van der Waals surface area (Å²) >= 11 is 0. The summed E-state index contributed by atoms with van der Waals surface area (Å²) in [4.78, 5) is 13.1. The number of carbonyl (C=O) groups excluding carboxylic acids is 1. The van der Waals surface area contributed by atoms with Crippen molar-refractivity contribution in [3.8, 4) is 0 Å². The van der Waals surface area contributed by atoms with E-state index in [0.29, 0.717) is 12.8 Å². The molecule has 1 saturated heterocycles. The van der Waals surface area contributed by atoms with Crippen LogP contribution in [0.3, 0.4) is 0 Å². The molecular weight excluding hydrogens is 450 g/mol. The number of amides is 1. The van der Waals surface area contributed by atoms with Crippen LogP contribution in [-0.4, -0.2) is 58.5 Å². The van der Waals surface area contributed by atoms with Gasteiger partial charge in [0.05, 0.1) is 10.6 Å². The van der Waals surface area contributed by atoms with Crippen molar-refractivity contribution in [2.24, 2.45) is 5.92 Å². The Hall–Kier alpha value is -2.27. The van der Waals surface area contributed by atoms with Gasteiger partial charge in [-0.1, -0.05) is 18.2 Å². The lowest BCUT2D eigenvalue weighted by atomic mass is 9.97. The lowest BCUT2D eigenvalue weighted by Gasteiger charge is -2.30. The van der Waals surface area contributed by atoms with Crippen molar-refractivity contribution >= 4 is 31.6 Å². The molecule has 1 fully saturated rings. The van der Waals surface area contributed by atoms with Crippen molar-refractivity contribution in [2.45, 2.75) is 36.5 Å².